The highest BCUT2D eigenvalue weighted by Crippen LogP contribution is 2.37. The van der Waals surface area contributed by atoms with Crippen molar-refractivity contribution in [3.05, 3.63) is 64.1 Å². The summed E-state index contributed by atoms with van der Waals surface area (Å²) in [5.41, 5.74) is 3.11. The number of benzene rings is 1. The molecule has 0 radical (unpaired) electrons. The average Bonchev–Trinajstić information content (AvgIpc) is 3.39. The van der Waals surface area contributed by atoms with E-state index in [1.807, 2.05) is 32.0 Å². The molecule has 1 amide bonds. The van der Waals surface area contributed by atoms with Crippen LogP contribution >= 0.6 is 0 Å². The first kappa shape index (κ1) is 24.1. The summed E-state index contributed by atoms with van der Waals surface area (Å²) in [6.07, 6.45) is -5.04. The van der Waals surface area contributed by atoms with Crippen LogP contribution in [0.3, 0.4) is 0 Å². The van der Waals surface area contributed by atoms with Gasteiger partial charge in [0, 0.05) is 24.0 Å². The molecule has 182 valence electrons. The summed E-state index contributed by atoms with van der Waals surface area (Å²) in [7, 11) is 1.24. The van der Waals surface area contributed by atoms with Gasteiger partial charge in [0.1, 0.15) is 17.4 Å². The van der Waals surface area contributed by atoms with Gasteiger partial charge in [-0.05, 0) is 44.5 Å². The lowest BCUT2D eigenvalue weighted by molar-refractivity contribution is -0.189. The second kappa shape index (κ2) is 8.94. The Labute approximate surface area is 199 Å². The Kier molecular flexibility index (Phi) is 6.15. The molecule has 0 unspecified atom stereocenters. The number of fused-ring (bicyclic) bond motifs is 1. The molecule has 1 aliphatic rings. The minimum Gasteiger partial charge on any atom is -0.494 e. The minimum atomic E-state index is -4.64. The summed E-state index contributed by atoms with van der Waals surface area (Å²) >= 11 is 0. The molecule has 0 saturated heterocycles. The number of aromatic nitrogens is 3. The molecule has 0 saturated carbocycles. The number of hydrogen-bond acceptors (Lipinski definition) is 6. The van der Waals surface area contributed by atoms with Gasteiger partial charge < -0.3 is 14.4 Å². The maximum atomic E-state index is 13.5. The van der Waals surface area contributed by atoms with Crippen LogP contribution in [0.5, 0.6) is 11.5 Å². The smallest absolute Gasteiger partial charge is 0.425 e. The van der Waals surface area contributed by atoms with Crippen molar-refractivity contribution in [3.63, 3.8) is 0 Å². The topological polar surface area (TPSA) is 93.3 Å². The number of carbonyl (C=O) groups is 1. The average molecular weight is 485 g/mol. The second-order valence-corrected chi connectivity index (χ2v) is 8.21. The van der Waals surface area contributed by atoms with Crippen molar-refractivity contribution in [2.75, 3.05) is 7.11 Å². The molecule has 2 aromatic heterocycles. The number of nitrogens with zero attached hydrogens (tertiary/aromatic N) is 5. The monoisotopic (exact) mass is 485 g/mol. The summed E-state index contributed by atoms with van der Waals surface area (Å²) < 4.78 is 51.4. The molecule has 1 aliphatic heterocycles. The van der Waals surface area contributed by atoms with Crippen LogP contribution < -0.4 is 9.47 Å². The van der Waals surface area contributed by atoms with E-state index in [1.165, 1.54) is 24.1 Å². The number of aryl methyl sites for hydroxylation is 2. The normalized spacial score (nSPS) is 13.8. The van der Waals surface area contributed by atoms with Gasteiger partial charge in [-0.25, -0.2) is 9.67 Å². The Morgan fingerprint density at radius 3 is 2.54 bits per heavy atom. The third kappa shape index (κ3) is 4.51. The fourth-order valence-electron chi connectivity index (χ4n) is 3.74. The first-order valence-electron chi connectivity index (χ1n) is 10.7. The van der Waals surface area contributed by atoms with Crippen LogP contribution in [0.1, 0.15) is 45.4 Å². The minimum absolute atomic E-state index is 0.00537. The number of halogens is 3. The summed E-state index contributed by atoms with van der Waals surface area (Å²) in [5.74, 6) is -0.444. The van der Waals surface area contributed by atoms with E-state index in [9.17, 15) is 23.2 Å². The number of amides is 1. The third-order valence-electron chi connectivity index (χ3n) is 5.86. The Balaban J connectivity index is 1.64. The van der Waals surface area contributed by atoms with Crippen LogP contribution in [0.15, 0.2) is 30.5 Å². The number of alkyl halides is 3. The van der Waals surface area contributed by atoms with Gasteiger partial charge in [0.15, 0.2) is 17.7 Å². The summed E-state index contributed by atoms with van der Waals surface area (Å²) in [6, 6.07) is 8.12. The van der Waals surface area contributed by atoms with Crippen molar-refractivity contribution < 1.29 is 27.4 Å². The number of rotatable bonds is 5. The van der Waals surface area contributed by atoms with E-state index in [2.05, 4.69) is 10.1 Å². The molecular weight excluding hydrogens is 463 g/mol. The number of hydrogen-bond donors (Lipinski definition) is 0. The van der Waals surface area contributed by atoms with E-state index >= 15 is 0 Å². The van der Waals surface area contributed by atoms with Gasteiger partial charge in [0.25, 0.3) is 5.91 Å². The van der Waals surface area contributed by atoms with E-state index in [0.717, 1.165) is 23.7 Å². The molecule has 1 atom stereocenters. The van der Waals surface area contributed by atoms with Crippen molar-refractivity contribution in [2.24, 2.45) is 0 Å². The van der Waals surface area contributed by atoms with Crippen molar-refractivity contribution in [3.8, 4) is 23.4 Å². The molecule has 35 heavy (non-hydrogen) atoms. The van der Waals surface area contributed by atoms with Gasteiger partial charge in [-0.1, -0.05) is 6.07 Å². The van der Waals surface area contributed by atoms with Crippen LogP contribution in [-0.2, 0) is 13.1 Å². The molecule has 0 aliphatic carbocycles. The summed E-state index contributed by atoms with van der Waals surface area (Å²) in [6.45, 7) is 5.00. The molecule has 0 fully saturated rings. The number of ether oxygens (including phenoxy) is 2. The third-order valence-corrected chi connectivity index (χ3v) is 5.86. The fourth-order valence-corrected chi connectivity index (χ4v) is 3.74. The number of nitriles is 1. The van der Waals surface area contributed by atoms with Crippen molar-refractivity contribution >= 4 is 5.91 Å². The van der Waals surface area contributed by atoms with Crippen LogP contribution in [0.2, 0.25) is 0 Å². The van der Waals surface area contributed by atoms with E-state index in [4.69, 9.17) is 9.47 Å². The molecule has 0 spiro atoms. The Bertz CT molecular complexity index is 1320. The number of pyridine rings is 1. The molecule has 3 heterocycles. The van der Waals surface area contributed by atoms with Gasteiger partial charge in [0.05, 0.1) is 24.9 Å². The first-order valence-corrected chi connectivity index (χ1v) is 10.7. The van der Waals surface area contributed by atoms with Crippen LogP contribution in [0.4, 0.5) is 13.2 Å². The van der Waals surface area contributed by atoms with Crippen molar-refractivity contribution in [1.29, 1.82) is 5.26 Å². The van der Waals surface area contributed by atoms with Gasteiger partial charge >= 0.3 is 6.18 Å². The lowest BCUT2D eigenvalue weighted by Gasteiger charge is -2.23. The second-order valence-electron chi connectivity index (χ2n) is 8.21. The highest BCUT2D eigenvalue weighted by Gasteiger charge is 2.40. The number of carbonyl (C=O) groups excluding carboxylic acids is 1. The quantitative estimate of drug-likeness (QED) is 0.537. The largest absolute Gasteiger partial charge is 0.494 e. The lowest BCUT2D eigenvalue weighted by atomic mass is 10.1. The molecule has 8 nitrogen and oxygen atoms in total. The zero-order valence-electron chi connectivity index (χ0n) is 19.5. The molecule has 0 bridgehead atoms. The van der Waals surface area contributed by atoms with Crippen LogP contribution in [-0.4, -0.2) is 45.0 Å². The molecule has 11 heteroatoms. The molecule has 4 rings (SSSR count). The van der Waals surface area contributed by atoms with Crippen molar-refractivity contribution in [1.82, 2.24) is 19.7 Å². The van der Waals surface area contributed by atoms with Crippen LogP contribution in [0.25, 0.3) is 5.82 Å². The van der Waals surface area contributed by atoms with Gasteiger partial charge in [-0.3, -0.25) is 4.79 Å². The molecule has 3 aromatic rings. The van der Waals surface area contributed by atoms with Crippen LogP contribution in [0, 0.1) is 25.2 Å². The highest BCUT2D eigenvalue weighted by atomic mass is 19.4. The summed E-state index contributed by atoms with van der Waals surface area (Å²) in [4.78, 5) is 19.4. The van der Waals surface area contributed by atoms with E-state index in [0.29, 0.717) is 11.5 Å². The van der Waals surface area contributed by atoms with E-state index in [1.54, 1.807) is 10.9 Å². The van der Waals surface area contributed by atoms with Gasteiger partial charge in [0.2, 0.25) is 0 Å². The Morgan fingerprint density at radius 1 is 1.20 bits per heavy atom. The zero-order chi connectivity index (χ0) is 25.5. The molecule has 1 aromatic carbocycles. The van der Waals surface area contributed by atoms with E-state index in [-0.39, 0.29) is 35.7 Å². The number of methoxy groups -OCH3 is 1. The molecular formula is C24H22F3N5O3. The zero-order valence-corrected chi connectivity index (χ0v) is 19.5. The standard InChI is InChI=1S/C24H22F3N5O3/c1-13-5-8-20(29-14(13)2)32-11-17-10-31(12-18(17)30-32)23(33)21-19(35-15(3)24(25,26)27)7-6-16(9-28)22(21)34-4/h5-8,11,15H,10,12H2,1-4H3/t15-/m0/s1. The SMILES string of the molecule is COc1c(C#N)ccc(O[C@@H](C)C(F)(F)F)c1C(=O)N1Cc2cn(-c3ccc(C)c(C)n3)nc2C1. The summed E-state index contributed by atoms with van der Waals surface area (Å²) in [5, 5.41) is 13.9. The van der Waals surface area contributed by atoms with E-state index < -0.39 is 18.2 Å². The van der Waals surface area contributed by atoms with Gasteiger partial charge in [-0.15, -0.1) is 0 Å². The lowest BCUT2D eigenvalue weighted by Crippen LogP contribution is -2.33. The first-order chi connectivity index (χ1) is 16.5. The maximum Gasteiger partial charge on any atom is 0.425 e. The maximum absolute atomic E-state index is 13.5. The Morgan fingerprint density at radius 2 is 1.94 bits per heavy atom. The highest BCUT2D eigenvalue weighted by molar-refractivity contribution is 6.00. The fraction of sp³-hybridized carbons (Fsp3) is 0.333. The van der Waals surface area contributed by atoms with Crippen molar-refractivity contribution in [2.45, 2.75) is 46.1 Å². The van der Waals surface area contributed by atoms with Gasteiger partial charge in [-0.2, -0.15) is 23.5 Å². The molecule has 0 N–H and O–H groups in total. The Hall–Kier alpha value is -4.07. The predicted octanol–water partition coefficient (Wildman–Crippen LogP) is 4.25. The predicted molar refractivity (Wildman–Crippen MR) is 118 cm³/mol.